The lowest BCUT2D eigenvalue weighted by molar-refractivity contribution is -0.122. The predicted octanol–water partition coefficient (Wildman–Crippen LogP) is 1.08. The second-order valence-corrected chi connectivity index (χ2v) is 5.16. The van der Waals surface area contributed by atoms with Crippen molar-refractivity contribution in [2.75, 3.05) is 30.4 Å². The highest BCUT2D eigenvalue weighted by molar-refractivity contribution is 7.98. The number of carbonyl (C=O) groups excluding carboxylic acids is 1. The molecule has 1 heterocycles. The third kappa shape index (κ3) is 7.03. The molecule has 0 aliphatic heterocycles. The molecular formula is C13H22N4OS. The number of rotatable bonds is 9. The molecule has 0 aromatic carbocycles. The maximum Gasteiger partial charge on any atom is 0.236 e. The summed E-state index contributed by atoms with van der Waals surface area (Å²) in [4.78, 5) is 15.8. The van der Waals surface area contributed by atoms with Crippen LogP contribution in [0.2, 0.25) is 0 Å². The van der Waals surface area contributed by atoms with Gasteiger partial charge in [0.1, 0.15) is 5.82 Å². The van der Waals surface area contributed by atoms with Crippen molar-refractivity contribution in [3.05, 3.63) is 24.4 Å². The van der Waals surface area contributed by atoms with Gasteiger partial charge in [-0.25, -0.2) is 4.98 Å². The lowest BCUT2D eigenvalue weighted by Crippen LogP contribution is -2.41. The van der Waals surface area contributed by atoms with Crippen molar-refractivity contribution in [3.8, 4) is 0 Å². The van der Waals surface area contributed by atoms with E-state index in [1.54, 1.807) is 18.0 Å². The molecule has 4 N–H and O–H groups in total. The van der Waals surface area contributed by atoms with E-state index >= 15 is 0 Å². The summed E-state index contributed by atoms with van der Waals surface area (Å²) in [6.45, 7) is 1.41. The van der Waals surface area contributed by atoms with Crippen LogP contribution in [0.3, 0.4) is 0 Å². The Bertz CT molecular complexity index is 361. The van der Waals surface area contributed by atoms with Crippen molar-refractivity contribution in [1.82, 2.24) is 10.3 Å². The van der Waals surface area contributed by atoms with Crippen LogP contribution in [-0.2, 0) is 4.79 Å². The van der Waals surface area contributed by atoms with E-state index in [9.17, 15) is 4.79 Å². The van der Waals surface area contributed by atoms with Crippen molar-refractivity contribution < 1.29 is 4.79 Å². The van der Waals surface area contributed by atoms with E-state index in [0.29, 0.717) is 6.54 Å². The topological polar surface area (TPSA) is 80.0 Å². The maximum absolute atomic E-state index is 11.6. The second-order valence-electron chi connectivity index (χ2n) is 4.17. The Hall–Kier alpha value is -1.27. The molecule has 1 atom stereocenters. The molecule has 0 aliphatic carbocycles. The van der Waals surface area contributed by atoms with E-state index < -0.39 is 6.04 Å². The summed E-state index contributed by atoms with van der Waals surface area (Å²) in [5.41, 5.74) is 5.76. The van der Waals surface area contributed by atoms with Crippen LogP contribution < -0.4 is 16.4 Å². The Morgan fingerprint density at radius 1 is 1.47 bits per heavy atom. The Kier molecular flexibility index (Phi) is 8.00. The molecule has 1 amide bonds. The number of hydrogen-bond acceptors (Lipinski definition) is 5. The van der Waals surface area contributed by atoms with E-state index in [1.807, 2.05) is 24.5 Å². The van der Waals surface area contributed by atoms with Crippen molar-refractivity contribution in [2.45, 2.75) is 18.9 Å². The van der Waals surface area contributed by atoms with Crippen LogP contribution in [0.15, 0.2) is 24.4 Å². The number of anilines is 1. The number of hydrogen-bond donors (Lipinski definition) is 3. The molecule has 6 heteroatoms. The normalized spacial score (nSPS) is 11.9. The Morgan fingerprint density at radius 3 is 3.00 bits per heavy atom. The van der Waals surface area contributed by atoms with Gasteiger partial charge in [0.2, 0.25) is 5.91 Å². The van der Waals surface area contributed by atoms with Crippen LogP contribution in [0.5, 0.6) is 0 Å². The molecule has 5 nitrogen and oxygen atoms in total. The van der Waals surface area contributed by atoms with Crippen molar-refractivity contribution in [3.63, 3.8) is 0 Å². The first-order valence-electron chi connectivity index (χ1n) is 6.41. The SMILES string of the molecule is CSCC[C@H](N)C(=O)NCCCNc1ccccn1. The number of thioether (sulfide) groups is 1. The highest BCUT2D eigenvalue weighted by Gasteiger charge is 2.11. The number of carbonyl (C=O) groups is 1. The molecule has 0 saturated carbocycles. The van der Waals surface area contributed by atoms with E-state index in [0.717, 1.165) is 31.0 Å². The van der Waals surface area contributed by atoms with Gasteiger partial charge in [0.05, 0.1) is 6.04 Å². The van der Waals surface area contributed by atoms with E-state index in [1.165, 1.54) is 0 Å². The molecule has 0 aliphatic rings. The lowest BCUT2D eigenvalue weighted by Gasteiger charge is -2.11. The molecule has 1 rings (SSSR count). The third-order valence-electron chi connectivity index (χ3n) is 2.59. The molecular weight excluding hydrogens is 260 g/mol. The zero-order chi connectivity index (χ0) is 13.9. The van der Waals surface area contributed by atoms with Gasteiger partial charge in [0.15, 0.2) is 0 Å². The highest BCUT2D eigenvalue weighted by Crippen LogP contribution is 2.00. The van der Waals surface area contributed by atoms with Crippen LogP contribution in [0.4, 0.5) is 5.82 Å². The largest absolute Gasteiger partial charge is 0.370 e. The average molecular weight is 282 g/mol. The van der Waals surface area contributed by atoms with Gasteiger partial charge in [-0.3, -0.25) is 4.79 Å². The Morgan fingerprint density at radius 2 is 2.32 bits per heavy atom. The standard InChI is InChI=1S/C13H22N4OS/c1-19-10-6-11(14)13(18)17-9-4-8-16-12-5-2-3-7-15-12/h2-3,5,7,11H,4,6,8-10,14H2,1H3,(H,15,16)(H,17,18)/t11-/m0/s1. The summed E-state index contributed by atoms with van der Waals surface area (Å²) >= 11 is 1.70. The third-order valence-corrected chi connectivity index (χ3v) is 3.24. The zero-order valence-corrected chi connectivity index (χ0v) is 12.1. The van der Waals surface area contributed by atoms with Gasteiger partial charge >= 0.3 is 0 Å². The summed E-state index contributed by atoms with van der Waals surface area (Å²) in [6, 6.07) is 5.33. The minimum Gasteiger partial charge on any atom is -0.370 e. The van der Waals surface area contributed by atoms with Gasteiger partial charge < -0.3 is 16.4 Å². The smallest absolute Gasteiger partial charge is 0.236 e. The number of pyridine rings is 1. The molecule has 0 bridgehead atoms. The van der Waals surface area contributed by atoms with Crippen LogP contribution in [0, 0.1) is 0 Å². The summed E-state index contributed by atoms with van der Waals surface area (Å²) in [6.07, 6.45) is 5.32. The fourth-order valence-electron chi connectivity index (χ4n) is 1.49. The molecule has 0 fully saturated rings. The Labute approximate surface area is 118 Å². The van der Waals surface area contributed by atoms with Crippen LogP contribution in [0.1, 0.15) is 12.8 Å². The summed E-state index contributed by atoms with van der Waals surface area (Å²) in [7, 11) is 0. The highest BCUT2D eigenvalue weighted by atomic mass is 32.2. The van der Waals surface area contributed by atoms with Crippen LogP contribution in [-0.4, -0.2) is 42.0 Å². The van der Waals surface area contributed by atoms with E-state index in [-0.39, 0.29) is 5.91 Å². The van der Waals surface area contributed by atoms with Gasteiger partial charge in [0.25, 0.3) is 0 Å². The molecule has 0 radical (unpaired) electrons. The first kappa shape index (κ1) is 15.8. The lowest BCUT2D eigenvalue weighted by atomic mass is 10.2. The van der Waals surface area contributed by atoms with Crippen molar-refractivity contribution in [1.29, 1.82) is 0 Å². The van der Waals surface area contributed by atoms with Gasteiger partial charge in [-0.15, -0.1) is 0 Å². The predicted molar refractivity (Wildman–Crippen MR) is 81.3 cm³/mol. The van der Waals surface area contributed by atoms with Gasteiger partial charge in [-0.1, -0.05) is 6.07 Å². The number of aromatic nitrogens is 1. The molecule has 1 aromatic rings. The molecule has 0 unspecified atom stereocenters. The van der Waals surface area contributed by atoms with Crippen LogP contribution in [0.25, 0.3) is 0 Å². The number of nitrogens with one attached hydrogen (secondary N) is 2. The molecule has 106 valence electrons. The quantitative estimate of drug-likeness (QED) is 0.591. The van der Waals surface area contributed by atoms with E-state index in [4.69, 9.17) is 5.73 Å². The minimum atomic E-state index is -0.392. The van der Waals surface area contributed by atoms with Crippen LogP contribution >= 0.6 is 11.8 Å². The zero-order valence-electron chi connectivity index (χ0n) is 11.3. The minimum absolute atomic E-state index is 0.0631. The monoisotopic (exact) mass is 282 g/mol. The van der Waals surface area contributed by atoms with Gasteiger partial charge in [-0.05, 0) is 37.0 Å². The van der Waals surface area contributed by atoms with Gasteiger partial charge in [0, 0.05) is 19.3 Å². The van der Waals surface area contributed by atoms with Gasteiger partial charge in [-0.2, -0.15) is 11.8 Å². The number of nitrogens with two attached hydrogens (primary N) is 1. The first-order chi connectivity index (χ1) is 9.24. The average Bonchev–Trinajstić information content (AvgIpc) is 2.45. The maximum atomic E-state index is 11.6. The molecule has 1 aromatic heterocycles. The summed E-state index contributed by atoms with van der Waals surface area (Å²) in [5.74, 6) is 1.70. The molecule has 19 heavy (non-hydrogen) atoms. The second kappa shape index (κ2) is 9.63. The molecule has 0 saturated heterocycles. The number of amides is 1. The number of nitrogens with zero attached hydrogens (tertiary/aromatic N) is 1. The van der Waals surface area contributed by atoms with Crippen molar-refractivity contribution in [2.24, 2.45) is 5.73 Å². The fraction of sp³-hybridized carbons (Fsp3) is 0.538. The van der Waals surface area contributed by atoms with E-state index in [2.05, 4.69) is 15.6 Å². The fourth-order valence-corrected chi connectivity index (χ4v) is 1.98. The summed E-state index contributed by atoms with van der Waals surface area (Å²) < 4.78 is 0. The van der Waals surface area contributed by atoms with Crippen molar-refractivity contribution >= 4 is 23.5 Å². The molecule has 0 spiro atoms. The Balaban J connectivity index is 2.05. The summed E-state index contributed by atoms with van der Waals surface area (Å²) in [5, 5.41) is 6.03. The first-order valence-corrected chi connectivity index (χ1v) is 7.80.